The van der Waals surface area contributed by atoms with Crippen molar-refractivity contribution in [2.24, 2.45) is 0 Å². The summed E-state index contributed by atoms with van der Waals surface area (Å²) in [5, 5.41) is 11.8. The van der Waals surface area contributed by atoms with Gasteiger partial charge >= 0.3 is 0 Å². The van der Waals surface area contributed by atoms with E-state index in [0.29, 0.717) is 4.74 Å². The van der Waals surface area contributed by atoms with Crippen LogP contribution in [0, 0.1) is 5.21 Å². The van der Waals surface area contributed by atoms with Crippen molar-refractivity contribution in [3.8, 4) is 0 Å². The van der Waals surface area contributed by atoms with Crippen LogP contribution in [0.4, 0.5) is 4.39 Å². The molecule has 21 heavy (non-hydrogen) atoms. The maximum Gasteiger partial charge on any atom is 0.182 e. The average molecular weight is 287 g/mol. The van der Waals surface area contributed by atoms with Crippen LogP contribution >= 0.6 is 0 Å². The second-order valence-corrected chi connectivity index (χ2v) is 4.70. The second kappa shape index (κ2) is 8.17. The summed E-state index contributed by atoms with van der Waals surface area (Å²) in [4.78, 5) is 0. The Hall–Kier alpha value is -2.20. The van der Waals surface area contributed by atoms with Crippen LogP contribution < -0.4 is 0 Å². The monoisotopic (exact) mass is 287 g/mol. The van der Waals surface area contributed by atoms with Gasteiger partial charge in [0, 0.05) is 5.56 Å². The third kappa shape index (κ3) is 5.36. The molecule has 0 heterocycles. The zero-order valence-electron chi connectivity index (χ0n) is 11.7. The van der Waals surface area contributed by atoms with Crippen LogP contribution in [0.5, 0.6) is 0 Å². The fourth-order valence-electron chi connectivity index (χ4n) is 1.91. The molecule has 4 heteroatoms. The first-order chi connectivity index (χ1) is 10.3. The number of alkyl halides is 1. The van der Waals surface area contributed by atoms with Gasteiger partial charge in [0.25, 0.3) is 0 Å². The Morgan fingerprint density at radius 3 is 2.14 bits per heavy atom. The highest BCUT2D eigenvalue weighted by Crippen LogP contribution is 2.04. The van der Waals surface area contributed by atoms with Crippen molar-refractivity contribution in [2.45, 2.75) is 19.3 Å². The first-order valence-electron chi connectivity index (χ1n) is 6.82. The third-order valence-electron chi connectivity index (χ3n) is 2.97. The Labute approximate surface area is 123 Å². The molecule has 0 aliphatic heterocycles. The molecule has 2 aromatic rings. The lowest BCUT2D eigenvalue weighted by Crippen LogP contribution is -2.22. The molecular weight excluding hydrogens is 269 g/mol. The third-order valence-corrected chi connectivity index (χ3v) is 2.97. The molecular formula is C17H18FNO2. The predicted octanol–water partition coefficient (Wildman–Crippen LogP) is 3.32. The Morgan fingerprint density at radius 1 is 1.00 bits per heavy atom. The zero-order chi connectivity index (χ0) is 14.9. The van der Waals surface area contributed by atoms with E-state index in [0.717, 1.165) is 11.1 Å². The molecule has 0 aromatic heterocycles. The van der Waals surface area contributed by atoms with E-state index in [4.69, 9.17) is 4.74 Å². The summed E-state index contributed by atoms with van der Waals surface area (Å²) in [6.07, 6.45) is 0.419. The van der Waals surface area contributed by atoms with E-state index in [9.17, 15) is 9.60 Å². The van der Waals surface area contributed by atoms with Crippen molar-refractivity contribution in [3.05, 3.63) is 77.0 Å². The van der Waals surface area contributed by atoms with Crippen molar-refractivity contribution in [1.82, 2.24) is 0 Å². The van der Waals surface area contributed by atoms with E-state index in [1.165, 1.54) is 6.21 Å². The zero-order valence-corrected chi connectivity index (χ0v) is 11.7. The summed E-state index contributed by atoms with van der Waals surface area (Å²) >= 11 is 0. The van der Waals surface area contributed by atoms with Crippen LogP contribution in [-0.2, 0) is 17.9 Å². The highest BCUT2D eigenvalue weighted by molar-refractivity contribution is 5.57. The fraction of sp³-hybridized carbons (Fsp3) is 0.235. The van der Waals surface area contributed by atoms with E-state index in [-0.39, 0.29) is 13.2 Å². The summed E-state index contributed by atoms with van der Waals surface area (Å²) in [5.74, 6) is 0. The molecule has 0 unspecified atom stereocenters. The van der Waals surface area contributed by atoms with Crippen molar-refractivity contribution in [2.75, 3.05) is 6.67 Å². The predicted molar refractivity (Wildman–Crippen MR) is 80.8 cm³/mol. The molecule has 0 radical (unpaired) electrons. The van der Waals surface area contributed by atoms with Gasteiger partial charge in [-0.05, 0) is 5.56 Å². The minimum Gasteiger partial charge on any atom is -0.624 e. The lowest BCUT2D eigenvalue weighted by Gasteiger charge is -2.11. The van der Waals surface area contributed by atoms with Gasteiger partial charge in [-0.3, -0.25) is 0 Å². The van der Waals surface area contributed by atoms with Gasteiger partial charge in [-0.2, -0.15) is 0 Å². The summed E-state index contributed by atoms with van der Waals surface area (Å²) < 4.78 is 19.1. The largest absolute Gasteiger partial charge is 0.624 e. The number of benzene rings is 2. The Morgan fingerprint density at radius 2 is 1.57 bits per heavy atom. The lowest BCUT2D eigenvalue weighted by molar-refractivity contribution is -0.473. The number of hydrogen-bond acceptors (Lipinski definition) is 2. The Bertz CT molecular complexity index is 558. The topological polar surface area (TPSA) is 35.3 Å². The minimum absolute atomic E-state index is 0.187. The van der Waals surface area contributed by atoms with Gasteiger partial charge in [0.2, 0.25) is 0 Å². The molecule has 0 fully saturated rings. The number of rotatable bonds is 7. The summed E-state index contributed by atoms with van der Waals surface area (Å²) in [6, 6.07) is 18.8. The number of ether oxygens (including phenoxy) is 1. The van der Waals surface area contributed by atoms with E-state index < -0.39 is 12.8 Å². The van der Waals surface area contributed by atoms with Gasteiger partial charge in [-0.1, -0.05) is 60.7 Å². The molecule has 3 nitrogen and oxygen atoms in total. The SMILES string of the molecule is [O-]/[N+](=C\[C@H](CF)OCc1ccccc1)Cc1ccccc1. The molecule has 0 amide bonds. The van der Waals surface area contributed by atoms with Crippen LogP contribution in [0.2, 0.25) is 0 Å². The molecule has 110 valence electrons. The molecule has 1 atom stereocenters. The van der Waals surface area contributed by atoms with Crippen molar-refractivity contribution in [1.29, 1.82) is 0 Å². The maximum atomic E-state index is 12.9. The minimum atomic E-state index is -0.827. The normalized spacial score (nSPS) is 13.1. The number of hydroxylamine groups is 1. The summed E-state index contributed by atoms with van der Waals surface area (Å²) in [7, 11) is 0. The quantitative estimate of drug-likeness (QED) is 0.339. The Balaban J connectivity index is 1.89. The van der Waals surface area contributed by atoms with Crippen molar-refractivity contribution >= 4 is 6.21 Å². The lowest BCUT2D eigenvalue weighted by atomic mass is 10.2. The van der Waals surface area contributed by atoms with Crippen LogP contribution in [0.15, 0.2) is 60.7 Å². The average Bonchev–Trinajstić information content (AvgIpc) is 2.53. The van der Waals surface area contributed by atoms with Gasteiger partial charge in [-0.25, -0.2) is 9.13 Å². The van der Waals surface area contributed by atoms with Gasteiger partial charge in [0.05, 0.1) is 6.61 Å². The fourth-order valence-corrected chi connectivity index (χ4v) is 1.91. The van der Waals surface area contributed by atoms with E-state index in [1.54, 1.807) is 0 Å². The molecule has 0 spiro atoms. The van der Waals surface area contributed by atoms with E-state index >= 15 is 0 Å². The first kappa shape index (κ1) is 15.2. The van der Waals surface area contributed by atoms with Crippen LogP contribution in [-0.4, -0.2) is 23.7 Å². The molecule has 0 saturated heterocycles. The van der Waals surface area contributed by atoms with Gasteiger partial charge < -0.3 is 9.94 Å². The van der Waals surface area contributed by atoms with Crippen molar-refractivity contribution in [3.63, 3.8) is 0 Å². The maximum absolute atomic E-state index is 12.9. The highest BCUT2D eigenvalue weighted by Gasteiger charge is 2.11. The van der Waals surface area contributed by atoms with Gasteiger partial charge in [0.1, 0.15) is 6.67 Å². The van der Waals surface area contributed by atoms with Crippen LogP contribution in [0.25, 0.3) is 0 Å². The summed E-state index contributed by atoms with van der Waals surface area (Å²) in [5.41, 5.74) is 1.83. The molecule has 0 bridgehead atoms. The molecule has 0 N–H and O–H groups in total. The second-order valence-electron chi connectivity index (χ2n) is 4.70. The Kier molecular flexibility index (Phi) is 5.91. The molecule has 2 rings (SSSR count). The molecule has 0 aliphatic carbocycles. The molecule has 0 aliphatic rings. The van der Waals surface area contributed by atoms with Crippen LogP contribution in [0.3, 0.4) is 0 Å². The van der Waals surface area contributed by atoms with E-state index in [1.807, 2.05) is 60.7 Å². The van der Waals surface area contributed by atoms with Crippen LogP contribution in [0.1, 0.15) is 11.1 Å². The summed E-state index contributed by atoms with van der Waals surface area (Å²) in [6.45, 7) is -0.252. The highest BCUT2D eigenvalue weighted by atomic mass is 19.1. The first-order valence-corrected chi connectivity index (χ1v) is 6.82. The number of hydrogen-bond donors (Lipinski definition) is 0. The van der Waals surface area contributed by atoms with E-state index in [2.05, 4.69) is 0 Å². The molecule has 2 aromatic carbocycles. The molecule has 0 saturated carbocycles. The number of halogens is 1. The number of nitrogens with zero attached hydrogens (tertiary/aromatic N) is 1. The van der Waals surface area contributed by atoms with Gasteiger partial charge in [-0.15, -0.1) is 0 Å². The smallest absolute Gasteiger partial charge is 0.182 e. The standard InChI is InChI=1S/C17H18FNO2/c18-11-17(21-14-16-9-5-2-6-10-16)13-19(20)12-15-7-3-1-4-8-15/h1-10,13,17H,11-12,14H2/b19-13-/t17-/m0/s1. The van der Waals surface area contributed by atoms with Crippen molar-refractivity contribution < 1.29 is 13.9 Å². The van der Waals surface area contributed by atoms with Gasteiger partial charge in [0.15, 0.2) is 18.9 Å².